The van der Waals surface area contributed by atoms with Crippen LogP contribution in [0.3, 0.4) is 0 Å². The minimum absolute atomic E-state index is 0.0403. The molecule has 0 radical (unpaired) electrons. The van der Waals surface area contributed by atoms with Gasteiger partial charge >= 0.3 is 5.97 Å². The van der Waals surface area contributed by atoms with Crippen LogP contribution >= 0.6 is 15.9 Å². The number of carboxylic acids is 1. The first-order valence-corrected chi connectivity index (χ1v) is 7.64. The fraction of sp³-hybridized carbons (Fsp3) is 0.467. The predicted molar refractivity (Wildman–Crippen MR) is 86.5 cm³/mol. The summed E-state index contributed by atoms with van der Waals surface area (Å²) in [6.45, 7) is 5.75. The van der Waals surface area contributed by atoms with Gasteiger partial charge in [0, 0.05) is 16.2 Å². The Kier molecular flexibility index (Phi) is 6.84. The third kappa shape index (κ3) is 5.85. The number of nitrogens with one attached hydrogen (secondary N) is 1. The SMILES string of the molecule is CCC(C)N(CC(=O)O)CC(=O)Nc1ccc(Br)c(C)c1. The van der Waals surface area contributed by atoms with E-state index >= 15 is 0 Å². The molecule has 0 saturated carbocycles. The first-order valence-electron chi connectivity index (χ1n) is 6.85. The van der Waals surface area contributed by atoms with Crippen LogP contribution < -0.4 is 5.32 Å². The molecular formula is C15H21BrN2O3. The van der Waals surface area contributed by atoms with E-state index in [2.05, 4.69) is 21.2 Å². The van der Waals surface area contributed by atoms with Crippen LogP contribution in [0.1, 0.15) is 25.8 Å². The van der Waals surface area contributed by atoms with Crippen molar-refractivity contribution in [2.45, 2.75) is 33.2 Å². The van der Waals surface area contributed by atoms with Gasteiger partial charge in [-0.3, -0.25) is 14.5 Å². The summed E-state index contributed by atoms with van der Waals surface area (Å²) in [6.07, 6.45) is 0.790. The smallest absolute Gasteiger partial charge is 0.317 e. The number of aryl methyl sites for hydroxylation is 1. The lowest BCUT2D eigenvalue weighted by Gasteiger charge is -2.25. The Hall–Kier alpha value is -1.40. The summed E-state index contributed by atoms with van der Waals surface area (Å²) in [4.78, 5) is 24.6. The average Bonchev–Trinajstić information content (AvgIpc) is 2.40. The second-order valence-corrected chi connectivity index (χ2v) is 5.92. The lowest BCUT2D eigenvalue weighted by atomic mass is 10.2. The number of halogens is 1. The Morgan fingerprint density at radius 2 is 2.05 bits per heavy atom. The summed E-state index contributed by atoms with van der Waals surface area (Å²) >= 11 is 3.41. The maximum Gasteiger partial charge on any atom is 0.317 e. The highest BCUT2D eigenvalue weighted by Crippen LogP contribution is 2.20. The number of anilines is 1. The van der Waals surface area contributed by atoms with Gasteiger partial charge < -0.3 is 10.4 Å². The highest BCUT2D eigenvalue weighted by Gasteiger charge is 2.18. The molecule has 2 N–H and O–H groups in total. The molecule has 0 aliphatic carbocycles. The Morgan fingerprint density at radius 3 is 2.57 bits per heavy atom. The Labute approximate surface area is 133 Å². The summed E-state index contributed by atoms with van der Waals surface area (Å²) in [5.41, 5.74) is 1.73. The number of rotatable bonds is 7. The van der Waals surface area contributed by atoms with Gasteiger partial charge in [-0.05, 0) is 44.0 Å². The molecule has 116 valence electrons. The van der Waals surface area contributed by atoms with E-state index in [4.69, 9.17) is 5.11 Å². The zero-order valence-corrected chi connectivity index (χ0v) is 14.1. The van der Waals surface area contributed by atoms with Crippen molar-refractivity contribution in [1.82, 2.24) is 4.90 Å². The third-order valence-corrected chi connectivity index (χ3v) is 4.23. The van der Waals surface area contributed by atoms with Gasteiger partial charge in [-0.25, -0.2) is 0 Å². The average molecular weight is 357 g/mol. The Balaban J connectivity index is 2.68. The van der Waals surface area contributed by atoms with Crippen molar-refractivity contribution in [1.29, 1.82) is 0 Å². The van der Waals surface area contributed by atoms with Crippen molar-refractivity contribution in [3.63, 3.8) is 0 Å². The number of nitrogens with zero attached hydrogens (tertiary/aromatic N) is 1. The molecular weight excluding hydrogens is 336 g/mol. The zero-order valence-electron chi connectivity index (χ0n) is 12.5. The third-order valence-electron chi connectivity index (χ3n) is 3.34. The molecule has 1 aromatic rings. The molecule has 0 aliphatic heterocycles. The molecule has 21 heavy (non-hydrogen) atoms. The van der Waals surface area contributed by atoms with Gasteiger partial charge in [0.2, 0.25) is 5.91 Å². The molecule has 6 heteroatoms. The van der Waals surface area contributed by atoms with Gasteiger partial charge in [0.25, 0.3) is 0 Å². The molecule has 0 aromatic heterocycles. The van der Waals surface area contributed by atoms with Crippen LogP contribution in [0, 0.1) is 6.92 Å². The number of hydrogen-bond donors (Lipinski definition) is 2. The summed E-state index contributed by atoms with van der Waals surface area (Å²) in [7, 11) is 0. The van der Waals surface area contributed by atoms with Gasteiger partial charge in [-0.2, -0.15) is 0 Å². The van der Waals surface area contributed by atoms with Crippen molar-refractivity contribution in [3.05, 3.63) is 28.2 Å². The monoisotopic (exact) mass is 356 g/mol. The largest absolute Gasteiger partial charge is 0.480 e. The summed E-state index contributed by atoms with van der Waals surface area (Å²) in [5.74, 6) is -1.14. The number of hydrogen-bond acceptors (Lipinski definition) is 3. The fourth-order valence-electron chi connectivity index (χ4n) is 1.91. The molecule has 1 unspecified atom stereocenters. The van der Waals surface area contributed by atoms with Gasteiger partial charge in [-0.1, -0.05) is 22.9 Å². The lowest BCUT2D eigenvalue weighted by molar-refractivity contribution is -0.139. The van der Waals surface area contributed by atoms with E-state index in [1.807, 2.05) is 32.9 Å². The number of carbonyl (C=O) groups excluding carboxylic acids is 1. The molecule has 0 aliphatic rings. The van der Waals surface area contributed by atoms with E-state index < -0.39 is 5.97 Å². The predicted octanol–water partition coefficient (Wildman–Crippen LogP) is 2.88. The number of amides is 1. The van der Waals surface area contributed by atoms with E-state index in [1.54, 1.807) is 11.0 Å². The van der Waals surface area contributed by atoms with Gasteiger partial charge in [0.15, 0.2) is 0 Å². The summed E-state index contributed by atoms with van der Waals surface area (Å²) < 4.78 is 0.979. The highest BCUT2D eigenvalue weighted by atomic mass is 79.9. The molecule has 1 rings (SSSR count). The number of carbonyl (C=O) groups is 2. The van der Waals surface area contributed by atoms with Gasteiger partial charge in [0.1, 0.15) is 0 Å². The summed E-state index contributed by atoms with van der Waals surface area (Å²) in [6, 6.07) is 5.58. The molecule has 0 saturated heterocycles. The van der Waals surface area contributed by atoms with Crippen molar-refractivity contribution in [2.75, 3.05) is 18.4 Å². The lowest BCUT2D eigenvalue weighted by Crippen LogP contribution is -2.42. The second kappa shape index (κ2) is 8.14. The minimum Gasteiger partial charge on any atom is -0.480 e. The first kappa shape index (κ1) is 17.7. The molecule has 1 aromatic carbocycles. The number of benzene rings is 1. The van der Waals surface area contributed by atoms with E-state index in [1.165, 1.54) is 0 Å². The second-order valence-electron chi connectivity index (χ2n) is 5.07. The van der Waals surface area contributed by atoms with Crippen molar-refractivity contribution >= 4 is 33.5 Å². The Morgan fingerprint density at radius 1 is 1.38 bits per heavy atom. The zero-order chi connectivity index (χ0) is 16.0. The standard InChI is InChI=1S/C15H21BrN2O3/c1-4-11(3)18(9-15(20)21)8-14(19)17-12-5-6-13(16)10(2)7-12/h5-7,11H,4,8-9H2,1-3H3,(H,17,19)(H,20,21). The van der Waals surface area contributed by atoms with Crippen LogP contribution in [0.25, 0.3) is 0 Å². The minimum atomic E-state index is -0.928. The van der Waals surface area contributed by atoms with Crippen LogP contribution in [-0.2, 0) is 9.59 Å². The van der Waals surface area contributed by atoms with Gasteiger partial charge in [-0.15, -0.1) is 0 Å². The maximum absolute atomic E-state index is 12.1. The molecule has 1 atom stereocenters. The number of carboxylic acid groups (broad SMARTS) is 1. The normalized spacial score (nSPS) is 12.2. The van der Waals surface area contributed by atoms with Crippen molar-refractivity contribution < 1.29 is 14.7 Å². The summed E-state index contributed by atoms with van der Waals surface area (Å²) in [5, 5.41) is 11.7. The van der Waals surface area contributed by atoms with Gasteiger partial charge in [0.05, 0.1) is 13.1 Å². The van der Waals surface area contributed by atoms with Crippen molar-refractivity contribution in [2.24, 2.45) is 0 Å². The highest BCUT2D eigenvalue weighted by molar-refractivity contribution is 9.10. The molecule has 1 amide bonds. The van der Waals surface area contributed by atoms with Crippen LogP contribution in [0.15, 0.2) is 22.7 Å². The molecule has 0 fully saturated rings. The molecule has 0 heterocycles. The van der Waals surface area contributed by atoms with Crippen molar-refractivity contribution in [3.8, 4) is 0 Å². The Bertz CT molecular complexity index is 520. The van der Waals surface area contributed by atoms with Crippen LogP contribution in [0.5, 0.6) is 0 Å². The molecule has 0 bridgehead atoms. The molecule has 5 nitrogen and oxygen atoms in total. The van der Waals surface area contributed by atoms with E-state index in [-0.39, 0.29) is 25.0 Å². The van der Waals surface area contributed by atoms with Crippen LogP contribution in [-0.4, -0.2) is 41.0 Å². The molecule has 0 spiro atoms. The quantitative estimate of drug-likeness (QED) is 0.787. The van der Waals surface area contributed by atoms with Crippen LogP contribution in [0.4, 0.5) is 5.69 Å². The number of aliphatic carboxylic acids is 1. The van der Waals surface area contributed by atoms with E-state index in [0.717, 1.165) is 16.5 Å². The van der Waals surface area contributed by atoms with E-state index in [9.17, 15) is 9.59 Å². The maximum atomic E-state index is 12.1. The first-order chi connectivity index (χ1) is 9.83. The fourth-order valence-corrected chi connectivity index (χ4v) is 2.15. The topological polar surface area (TPSA) is 69.6 Å². The van der Waals surface area contributed by atoms with Crippen LogP contribution in [0.2, 0.25) is 0 Å². The van der Waals surface area contributed by atoms with E-state index in [0.29, 0.717) is 5.69 Å².